The molecule has 0 radical (unpaired) electrons. The van der Waals surface area contributed by atoms with Crippen molar-refractivity contribution in [1.29, 1.82) is 0 Å². The number of aliphatic imine (C=N–C) groups is 1. The number of benzene rings is 2. The highest BCUT2D eigenvalue weighted by molar-refractivity contribution is 5.86. The molecular formula is C20H24N2O. The van der Waals surface area contributed by atoms with Gasteiger partial charge in [0, 0.05) is 36.6 Å². The number of rotatable bonds is 4. The van der Waals surface area contributed by atoms with Crippen LogP contribution in [0.5, 0.6) is 5.75 Å². The molecule has 0 unspecified atom stereocenters. The molecule has 0 N–H and O–H groups in total. The Morgan fingerprint density at radius 3 is 2.43 bits per heavy atom. The summed E-state index contributed by atoms with van der Waals surface area (Å²) in [5.41, 5.74) is 4.45. The molecule has 0 spiro atoms. The molecule has 2 aromatic rings. The van der Waals surface area contributed by atoms with Crippen LogP contribution < -0.4 is 9.64 Å². The molecule has 0 saturated carbocycles. The summed E-state index contributed by atoms with van der Waals surface area (Å²) in [6.45, 7) is 4.36. The molecule has 0 bridgehead atoms. The molecule has 3 nitrogen and oxygen atoms in total. The van der Waals surface area contributed by atoms with Gasteiger partial charge in [0.1, 0.15) is 5.75 Å². The normalized spacial score (nSPS) is 15.1. The van der Waals surface area contributed by atoms with Crippen molar-refractivity contribution in [3.8, 4) is 5.75 Å². The Hall–Kier alpha value is -2.29. The van der Waals surface area contributed by atoms with E-state index in [1.54, 1.807) is 7.11 Å². The second-order valence-corrected chi connectivity index (χ2v) is 6.07. The average molecular weight is 308 g/mol. The Morgan fingerprint density at radius 2 is 1.74 bits per heavy atom. The van der Waals surface area contributed by atoms with E-state index >= 15 is 0 Å². The molecule has 1 aliphatic heterocycles. The van der Waals surface area contributed by atoms with Gasteiger partial charge in [-0.25, -0.2) is 0 Å². The first-order valence-corrected chi connectivity index (χ1v) is 8.30. The number of anilines is 1. The van der Waals surface area contributed by atoms with E-state index in [0.717, 1.165) is 30.1 Å². The zero-order valence-corrected chi connectivity index (χ0v) is 14.0. The van der Waals surface area contributed by atoms with Gasteiger partial charge in [0.05, 0.1) is 12.8 Å². The summed E-state index contributed by atoms with van der Waals surface area (Å²) in [7, 11) is 1.72. The molecule has 120 valence electrons. The van der Waals surface area contributed by atoms with Gasteiger partial charge in [-0.2, -0.15) is 0 Å². The summed E-state index contributed by atoms with van der Waals surface area (Å²) in [5, 5.41) is 0. The number of piperidine rings is 1. The molecular weight excluding hydrogens is 284 g/mol. The Kier molecular flexibility index (Phi) is 4.96. The number of methoxy groups -OCH3 is 1. The third-order valence-corrected chi connectivity index (χ3v) is 4.32. The van der Waals surface area contributed by atoms with Gasteiger partial charge < -0.3 is 9.64 Å². The van der Waals surface area contributed by atoms with Crippen LogP contribution in [0.25, 0.3) is 0 Å². The van der Waals surface area contributed by atoms with Crippen LogP contribution in [0.3, 0.4) is 0 Å². The fourth-order valence-corrected chi connectivity index (χ4v) is 2.93. The maximum absolute atomic E-state index is 5.57. The molecule has 0 aliphatic carbocycles. The largest absolute Gasteiger partial charge is 0.496 e. The monoisotopic (exact) mass is 308 g/mol. The molecule has 3 rings (SSSR count). The van der Waals surface area contributed by atoms with Crippen LogP contribution in [-0.4, -0.2) is 26.4 Å². The molecule has 1 fully saturated rings. The molecule has 0 aromatic heterocycles. The van der Waals surface area contributed by atoms with E-state index in [2.05, 4.69) is 47.1 Å². The molecule has 0 amide bonds. The summed E-state index contributed by atoms with van der Waals surface area (Å²) >= 11 is 0. The number of aryl methyl sites for hydroxylation is 1. The van der Waals surface area contributed by atoms with E-state index in [9.17, 15) is 0 Å². The summed E-state index contributed by atoms with van der Waals surface area (Å²) < 4.78 is 5.57. The van der Waals surface area contributed by atoms with Crippen molar-refractivity contribution in [2.75, 3.05) is 25.1 Å². The zero-order chi connectivity index (χ0) is 16.1. The summed E-state index contributed by atoms with van der Waals surface area (Å²) in [4.78, 5) is 6.99. The van der Waals surface area contributed by atoms with E-state index in [1.165, 1.54) is 30.5 Å². The van der Waals surface area contributed by atoms with Crippen molar-refractivity contribution >= 4 is 17.6 Å². The minimum atomic E-state index is 0.879. The van der Waals surface area contributed by atoms with Gasteiger partial charge >= 0.3 is 0 Å². The van der Waals surface area contributed by atoms with E-state index in [0.29, 0.717) is 0 Å². The van der Waals surface area contributed by atoms with Gasteiger partial charge in [0.2, 0.25) is 0 Å². The first-order chi connectivity index (χ1) is 11.3. The minimum absolute atomic E-state index is 0.879. The van der Waals surface area contributed by atoms with Gasteiger partial charge in [-0.15, -0.1) is 0 Å². The van der Waals surface area contributed by atoms with Crippen LogP contribution in [-0.2, 0) is 0 Å². The summed E-state index contributed by atoms with van der Waals surface area (Å²) in [6.07, 6.45) is 5.77. The molecule has 23 heavy (non-hydrogen) atoms. The minimum Gasteiger partial charge on any atom is -0.496 e. The standard InChI is InChI=1S/C20H24N2O/c1-16-6-9-18(10-7-16)21-15-17-8-11-19(14-20(17)23-2)22-12-4-3-5-13-22/h6-11,14-15H,3-5,12-13H2,1-2H3. The first kappa shape index (κ1) is 15.6. The molecule has 1 aliphatic rings. The summed E-state index contributed by atoms with van der Waals surface area (Å²) in [6, 6.07) is 14.6. The highest BCUT2D eigenvalue weighted by Gasteiger charge is 2.12. The van der Waals surface area contributed by atoms with Crippen LogP contribution >= 0.6 is 0 Å². The first-order valence-electron chi connectivity index (χ1n) is 8.30. The third kappa shape index (κ3) is 3.92. The predicted molar refractivity (Wildman–Crippen MR) is 97.5 cm³/mol. The highest BCUT2D eigenvalue weighted by atomic mass is 16.5. The molecule has 3 heteroatoms. The molecule has 0 atom stereocenters. The van der Waals surface area contributed by atoms with Crippen molar-refractivity contribution in [1.82, 2.24) is 0 Å². The van der Waals surface area contributed by atoms with E-state index in [4.69, 9.17) is 4.74 Å². The number of hydrogen-bond acceptors (Lipinski definition) is 3. The Balaban J connectivity index is 1.80. The SMILES string of the molecule is COc1cc(N2CCCCC2)ccc1C=Nc1ccc(C)cc1. The van der Waals surface area contributed by atoms with E-state index < -0.39 is 0 Å². The van der Waals surface area contributed by atoms with Crippen molar-refractivity contribution < 1.29 is 4.74 Å². The van der Waals surface area contributed by atoms with Crippen molar-refractivity contribution in [3.63, 3.8) is 0 Å². The Morgan fingerprint density at radius 1 is 1.00 bits per heavy atom. The zero-order valence-electron chi connectivity index (χ0n) is 14.0. The topological polar surface area (TPSA) is 24.8 Å². The van der Waals surface area contributed by atoms with Gasteiger partial charge in [-0.05, 0) is 50.5 Å². The molecule has 2 aromatic carbocycles. The summed E-state index contributed by atoms with van der Waals surface area (Å²) in [5.74, 6) is 0.879. The predicted octanol–water partition coefficient (Wildman–Crippen LogP) is 4.74. The Labute approximate surface area is 138 Å². The number of hydrogen-bond donors (Lipinski definition) is 0. The van der Waals surface area contributed by atoms with Gasteiger partial charge in [-0.1, -0.05) is 17.7 Å². The lowest BCUT2D eigenvalue weighted by Gasteiger charge is -2.29. The average Bonchev–Trinajstić information content (AvgIpc) is 2.62. The van der Waals surface area contributed by atoms with Crippen molar-refractivity contribution in [2.45, 2.75) is 26.2 Å². The Bertz CT molecular complexity index is 671. The van der Waals surface area contributed by atoms with Crippen LogP contribution in [0.2, 0.25) is 0 Å². The number of ether oxygens (including phenoxy) is 1. The number of nitrogens with zero attached hydrogens (tertiary/aromatic N) is 2. The quantitative estimate of drug-likeness (QED) is 0.762. The van der Waals surface area contributed by atoms with Gasteiger partial charge in [-0.3, -0.25) is 4.99 Å². The smallest absolute Gasteiger partial charge is 0.129 e. The lowest BCUT2D eigenvalue weighted by atomic mass is 10.1. The van der Waals surface area contributed by atoms with Crippen molar-refractivity contribution in [3.05, 3.63) is 53.6 Å². The fourth-order valence-electron chi connectivity index (χ4n) is 2.93. The van der Waals surface area contributed by atoms with Gasteiger partial charge in [0.25, 0.3) is 0 Å². The van der Waals surface area contributed by atoms with Gasteiger partial charge in [0.15, 0.2) is 0 Å². The fraction of sp³-hybridized carbons (Fsp3) is 0.350. The molecule has 1 saturated heterocycles. The van der Waals surface area contributed by atoms with E-state index in [-0.39, 0.29) is 0 Å². The van der Waals surface area contributed by atoms with Crippen LogP contribution in [0, 0.1) is 6.92 Å². The lowest BCUT2D eigenvalue weighted by Crippen LogP contribution is -2.29. The maximum atomic E-state index is 5.57. The van der Waals surface area contributed by atoms with Crippen LogP contribution in [0.1, 0.15) is 30.4 Å². The van der Waals surface area contributed by atoms with Crippen LogP contribution in [0.4, 0.5) is 11.4 Å². The molecule has 1 heterocycles. The second-order valence-electron chi connectivity index (χ2n) is 6.07. The van der Waals surface area contributed by atoms with E-state index in [1.807, 2.05) is 18.3 Å². The maximum Gasteiger partial charge on any atom is 0.129 e. The van der Waals surface area contributed by atoms with Crippen LogP contribution in [0.15, 0.2) is 47.5 Å². The van der Waals surface area contributed by atoms with Crippen molar-refractivity contribution in [2.24, 2.45) is 4.99 Å². The second kappa shape index (κ2) is 7.32. The lowest BCUT2D eigenvalue weighted by molar-refractivity contribution is 0.414. The highest BCUT2D eigenvalue weighted by Crippen LogP contribution is 2.27. The third-order valence-electron chi connectivity index (χ3n) is 4.32.